The summed E-state index contributed by atoms with van der Waals surface area (Å²) in [5.74, 6) is -1.85. The Labute approximate surface area is 86.2 Å². The van der Waals surface area contributed by atoms with E-state index in [1.54, 1.807) is 0 Å². The predicted octanol–water partition coefficient (Wildman–Crippen LogP) is -1.67. The molecule has 0 aliphatic heterocycles. The van der Waals surface area contributed by atoms with Crippen LogP contribution in [0.5, 0.6) is 0 Å². The monoisotopic (exact) mass is 231 g/mol. The maximum atomic E-state index is 9.96. The van der Waals surface area contributed by atoms with Crippen molar-refractivity contribution in [2.24, 2.45) is 0 Å². The van der Waals surface area contributed by atoms with Gasteiger partial charge in [0.25, 0.3) is 0 Å². The molecule has 0 aliphatic carbocycles. The van der Waals surface area contributed by atoms with Crippen LogP contribution in [0.1, 0.15) is 0 Å². The number of hydrogen-bond acceptors (Lipinski definition) is 4. The van der Waals surface area contributed by atoms with Gasteiger partial charge in [0.15, 0.2) is 0 Å². The molecule has 0 aromatic heterocycles. The fraction of sp³-hybridized carbons (Fsp3) is 0.667. The first-order valence-corrected chi connectivity index (χ1v) is 3.48. The number of carboxylic acid groups (broad SMARTS) is 2. The second-order valence-electron chi connectivity index (χ2n) is 2.14. The third kappa shape index (κ3) is 14.3. The average Bonchev–Trinajstić information content (AvgIpc) is 1.95. The quantitative estimate of drug-likeness (QED) is 0.309. The van der Waals surface area contributed by atoms with E-state index in [1.165, 1.54) is 0 Å². The molecule has 0 fully saturated rings. The van der Waals surface area contributed by atoms with Gasteiger partial charge in [-0.25, -0.2) is 0 Å². The smallest absolute Gasteiger partial charge is 0.480 e. The zero-order chi connectivity index (χ0) is 9.40. The molecule has 0 saturated carbocycles. The zero-order valence-corrected chi connectivity index (χ0v) is 8.10. The standard InChI is InChI=1S/C6H12N2O4.Mn/c9-5(10)3-7-1-2-8-4-6(11)12;/h7-8H,1-4H2,(H,9,10)(H,11,12);/q;+2. The van der Waals surface area contributed by atoms with Crippen LogP contribution in [-0.2, 0) is 26.7 Å². The van der Waals surface area contributed by atoms with E-state index in [0.717, 1.165) is 0 Å². The van der Waals surface area contributed by atoms with Crippen LogP contribution >= 0.6 is 0 Å². The zero-order valence-electron chi connectivity index (χ0n) is 6.92. The van der Waals surface area contributed by atoms with E-state index < -0.39 is 11.9 Å². The van der Waals surface area contributed by atoms with Crippen molar-refractivity contribution in [3.05, 3.63) is 0 Å². The maximum absolute atomic E-state index is 9.96. The van der Waals surface area contributed by atoms with Gasteiger partial charge in [0, 0.05) is 13.1 Å². The number of hydrogen-bond donors (Lipinski definition) is 4. The predicted molar refractivity (Wildman–Crippen MR) is 41.0 cm³/mol. The van der Waals surface area contributed by atoms with Crippen LogP contribution in [0.3, 0.4) is 0 Å². The fourth-order valence-electron chi connectivity index (χ4n) is 0.567. The Morgan fingerprint density at radius 2 is 1.23 bits per heavy atom. The summed E-state index contributed by atoms with van der Waals surface area (Å²) in [5.41, 5.74) is 0. The van der Waals surface area contributed by atoms with Gasteiger partial charge in [-0.05, 0) is 0 Å². The number of carbonyl (C=O) groups is 2. The summed E-state index contributed by atoms with van der Waals surface area (Å²) in [5, 5.41) is 21.6. The summed E-state index contributed by atoms with van der Waals surface area (Å²) in [6.07, 6.45) is 0. The largest absolute Gasteiger partial charge is 2.00 e. The first-order chi connectivity index (χ1) is 5.63. The van der Waals surface area contributed by atoms with E-state index in [-0.39, 0.29) is 30.2 Å². The van der Waals surface area contributed by atoms with Gasteiger partial charge in [0.1, 0.15) is 0 Å². The maximum Gasteiger partial charge on any atom is 2.00 e. The second kappa shape index (κ2) is 9.47. The number of carboxylic acids is 2. The van der Waals surface area contributed by atoms with Gasteiger partial charge in [0.2, 0.25) is 0 Å². The van der Waals surface area contributed by atoms with Crippen molar-refractivity contribution in [3.63, 3.8) is 0 Å². The third-order valence-electron chi connectivity index (χ3n) is 1.03. The molecule has 0 amide bonds. The van der Waals surface area contributed by atoms with Crippen LogP contribution in [0.2, 0.25) is 0 Å². The van der Waals surface area contributed by atoms with E-state index in [1.807, 2.05) is 0 Å². The van der Waals surface area contributed by atoms with Crippen LogP contribution in [0.4, 0.5) is 0 Å². The molecular weight excluding hydrogens is 219 g/mol. The van der Waals surface area contributed by atoms with Gasteiger partial charge in [-0.15, -0.1) is 0 Å². The summed E-state index contributed by atoms with van der Waals surface area (Å²) in [6.45, 7) is 0.683. The third-order valence-corrected chi connectivity index (χ3v) is 1.03. The van der Waals surface area contributed by atoms with Crippen molar-refractivity contribution < 1.29 is 36.9 Å². The molecule has 6 nitrogen and oxygen atoms in total. The molecule has 7 heteroatoms. The molecule has 0 aromatic rings. The first-order valence-electron chi connectivity index (χ1n) is 3.48. The van der Waals surface area contributed by atoms with Crippen LogP contribution in [0, 0.1) is 0 Å². The Bertz CT molecular complexity index is 147. The van der Waals surface area contributed by atoms with Crippen LogP contribution in [-0.4, -0.2) is 48.3 Å². The summed E-state index contributed by atoms with van der Waals surface area (Å²) in [7, 11) is 0. The van der Waals surface area contributed by atoms with Crippen molar-refractivity contribution >= 4 is 11.9 Å². The Kier molecular flexibility index (Phi) is 10.8. The van der Waals surface area contributed by atoms with Gasteiger partial charge >= 0.3 is 29.0 Å². The van der Waals surface area contributed by atoms with Gasteiger partial charge in [-0.1, -0.05) is 0 Å². The summed E-state index contributed by atoms with van der Waals surface area (Å²) < 4.78 is 0. The van der Waals surface area contributed by atoms with E-state index in [2.05, 4.69) is 10.6 Å². The molecule has 0 atom stereocenters. The minimum Gasteiger partial charge on any atom is -0.480 e. The topological polar surface area (TPSA) is 98.7 Å². The SMILES string of the molecule is O=C(O)CNCCNCC(=O)O.[Mn+2]. The molecule has 13 heavy (non-hydrogen) atoms. The molecule has 75 valence electrons. The molecule has 0 aliphatic rings. The first kappa shape index (κ1) is 14.9. The number of rotatable bonds is 7. The normalized spacial score (nSPS) is 8.92. The fourth-order valence-corrected chi connectivity index (χ4v) is 0.567. The molecule has 0 rings (SSSR count). The molecule has 0 unspecified atom stereocenters. The second-order valence-corrected chi connectivity index (χ2v) is 2.14. The van der Waals surface area contributed by atoms with Crippen molar-refractivity contribution in [1.29, 1.82) is 0 Å². The summed E-state index contributed by atoms with van der Waals surface area (Å²) in [6, 6.07) is 0. The van der Waals surface area contributed by atoms with Crippen molar-refractivity contribution in [2.75, 3.05) is 26.2 Å². The van der Waals surface area contributed by atoms with Crippen molar-refractivity contribution in [1.82, 2.24) is 10.6 Å². The van der Waals surface area contributed by atoms with Gasteiger partial charge < -0.3 is 20.8 Å². The van der Waals surface area contributed by atoms with Crippen LogP contribution < -0.4 is 10.6 Å². The molecule has 4 N–H and O–H groups in total. The van der Waals surface area contributed by atoms with E-state index >= 15 is 0 Å². The summed E-state index contributed by atoms with van der Waals surface area (Å²) >= 11 is 0. The molecule has 1 radical (unpaired) electrons. The van der Waals surface area contributed by atoms with E-state index in [0.29, 0.717) is 13.1 Å². The van der Waals surface area contributed by atoms with Crippen molar-refractivity contribution in [2.45, 2.75) is 0 Å². The Morgan fingerprint density at radius 1 is 0.923 bits per heavy atom. The van der Waals surface area contributed by atoms with Crippen molar-refractivity contribution in [3.8, 4) is 0 Å². The number of aliphatic carboxylic acids is 2. The molecule has 0 aromatic carbocycles. The molecule has 0 saturated heterocycles. The molecular formula is C6H12MnN2O4+2. The van der Waals surface area contributed by atoms with Gasteiger partial charge in [0.05, 0.1) is 13.1 Å². The average molecular weight is 231 g/mol. The van der Waals surface area contributed by atoms with Crippen LogP contribution in [0.15, 0.2) is 0 Å². The molecule has 0 heterocycles. The van der Waals surface area contributed by atoms with E-state index in [4.69, 9.17) is 10.2 Å². The van der Waals surface area contributed by atoms with E-state index in [9.17, 15) is 9.59 Å². The molecule has 0 bridgehead atoms. The van der Waals surface area contributed by atoms with Gasteiger partial charge in [-0.2, -0.15) is 0 Å². The Hall–Kier alpha value is -0.621. The van der Waals surface area contributed by atoms with Crippen LogP contribution in [0.25, 0.3) is 0 Å². The number of nitrogens with one attached hydrogen (secondary N) is 2. The van der Waals surface area contributed by atoms with Gasteiger partial charge in [-0.3, -0.25) is 9.59 Å². The Morgan fingerprint density at radius 3 is 1.46 bits per heavy atom. The molecule has 0 spiro atoms. The summed E-state index contributed by atoms with van der Waals surface area (Å²) in [4.78, 5) is 19.9. The minimum absolute atomic E-state index is 0. The Balaban J connectivity index is 0. The minimum atomic E-state index is -0.923.